The first-order valence-electron chi connectivity index (χ1n) is 8.98. The molecular formula is C20H24N2O3S. The van der Waals surface area contributed by atoms with E-state index in [1.165, 1.54) is 16.9 Å². The van der Waals surface area contributed by atoms with Crippen molar-refractivity contribution in [2.45, 2.75) is 51.0 Å². The van der Waals surface area contributed by atoms with Crippen molar-refractivity contribution < 1.29 is 14.7 Å². The molecule has 1 aromatic carbocycles. The molecule has 0 spiro atoms. The van der Waals surface area contributed by atoms with Crippen molar-refractivity contribution in [1.29, 1.82) is 0 Å². The molecular weight excluding hydrogens is 348 g/mol. The van der Waals surface area contributed by atoms with E-state index in [1.54, 1.807) is 0 Å². The van der Waals surface area contributed by atoms with Crippen LogP contribution in [0.5, 0.6) is 0 Å². The van der Waals surface area contributed by atoms with Crippen LogP contribution >= 0.6 is 11.3 Å². The van der Waals surface area contributed by atoms with Gasteiger partial charge in [-0.25, -0.2) is 9.78 Å². The Kier molecular flexibility index (Phi) is 5.71. The molecule has 0 unspecified atom stereocenters. The predicted molar refractivity (Wildman–Crippen MR) is 101 cm³/mol. The van der Waals surface area contributed by atoms with E-state index in [2.05, 4.69) is 29.4 Å². The third kappa shape index (κ3) is 4.49. The van der Waals surface area contributed by atoms with E-state index in [0.717, 1.165) is 24.3 Å². The van der Waals surface area contributed by atoms with Gasteiger partial charge >= 0.3 is 5.97 Å². The van der Waals surface area contributed by atoms with Crippen molar-refractivity contribution >= 4 is 23.2 Å². The molecule has 26 heavy (non-hydrogen) atoms. The van der Waals surface area contributed by atoms with Gasteiger partial charge in [-0.2, -0.15) is 0 Å². The zero-order chi connectivity index (χ0) is 18.6. The number of hydrogen-bond donors (Lipinski definition) is 2. The zero-order valence-electron chi connectivity index (χ0n) is 14.9. The Morgan fingerprint density at radius 1 is 1.27 bits per heavy atom. The number of nitrogens with one attached hydrogen (secondary N) is 1. The van der Waals surface area contributed by atoms with Crippen molar-refractivity contribution in [3.8, 4) is 0 Å². The number of carbonyl (C=O) groups is 2. The predicted octanol–water partition coefficient (Wildman–Crippen LogP) is 3.43. The van der Waals surface area contributed by atoms with E-state index in [0.29, 0.717) is 24.5 Å². The Hall–Kier alpha value is -2.21. The number of benzene rings is 1. The second-order valence-electron chi connectivity index (χ2n) is 7.19. The molecule has 2 N–H and O–H groups in total. The number of hydrogen-bond acceptors (Lipinski definition) is 4. The summed E-state index contributed by atoms with van der Waals surface area (Å²) in [5.41, 5.74) is 0.758. The van der Waals surface area contributed by atoms with Gasteiger partial charge in [0.05, 0.1) is 17.1 Å². The molecule has 0 bridgehead atoms. The van der Waals surface area contributed by atoms with E-state index >= 15 is 0 Å². The maximum Gasteiger partial charge on any atom is 0.329 e. The lowest BCUT2D eigenvalue weighted by molar-refractivity contribution is -0.149. The molecule has 138 valence electrons. The summed E-state index contributed by atoms with van der Waals surface area (Å²) in [5, 5.41) is 15.3. The highest BCUT2D eigenvalue weighted by Crippen LogP contribution is 2.32. The molecule has 0 radical (unpaired) electrons. The van der Waals surface area contributed by atoms with Gasteiger partial charge in [-0.1, -0.05) is 37.3 Å². The molecule has 0 saturated heterocycles. The molecule has 1 aliphatic rings. The first-order chi connectivity index (χ1) is 12.5. The summed E-state index contributed by atoms with van der Waals surface area (Å²) in [6.07, 6.45) is 3.49. The minimum atomic E-state index is -1.12. The standard InChI is InChI=1S/C20H24N2O3S/c1-14-7-9-20(10-8-14,19(24)25)22-17(23)12-16-13-26-18(21-16)11-15-5-3-2-4-6-15/h2-6,13-14H,7-12H2,1H3,(H,22,23)(H,24,25). The van der Waals surface area contributed by atoms with Gasteiger partial charge in [0.2, 0.25) is 5.91 Å². The summed E-state index contributed by atoms with van der Waals surface area (Å²) in [6, 6.07) is 10.1. The van der Waals surface area contributed by atoms with Crippen LogP contribution in [0.25, 0.3) is 0 Å². The van der Waals surface area contributed by atoms with Gasteiger partial charge in [-0.3, -0.25) is 4.79 Å². The number of aliphatic carboxylic acids is 1. The maximum absolute atomic E-state index is 12.4. The Bertz CT molecular complexity index is 764. The lowest BCUT2D eigenvalue weighted by Gasteiger charge is -2.36. The van der Waals surface area contributed by atoms with E-state index < -0.39 is 11.5 Å². The highest BCUT2D eigenvalue weighted by Gasteiger charge is 2.42. The highest BCUT2D eigenvalue weighted by atomic mass is 32.1. The number of carbonyl (C=O) groups excluding carboxylic acids is 1. The first kappa shape index (κ1) is 18.6. The van der Waals surface area contributed by atoms with E-state index in [-0.39, 0.29) is 12.3 Å². The van der Waals surface area contributed by atoms with E-state index in [1.807, 2.05) is 23.6 Å². The molecule has 0 aliphatic heterocycles. The molecule has 1 heterocycles. The SMILES string of the molecule is CC1CCC(NC(=O)Cc2csc(Cc3ccccc3)n2)(C(=O)O)CC1. The van der Waals surface area contributed by atoms with Crippen LogP contribution in [0.3, 0.4) is 0 Å². The molecule has 0 atom stereocenters. The molecule has 6 heteroatoms. The van der Waals surface area contributed by atoms with E-state index in [4.69, 9.17) is 0 Å². The lowest BCUT2D eigenvalue weighted by Crippen LogP contribution is -2.56. The van der Waals surface area contributed by atoms with Crippen molar-refractivity contribution in [2.24, 2.45) is 5.92 Å². The Balaban J connectivity index is 1.60. The molecule has 1 aliphatic carbocycles. The van der Waals surface area contributed by atoms with Crippen LogP contribution in [0, 0.1) is 5.92 Å². The molecule has 1 amide bonds. The fourth-order valence-corrected chi connectivity index (χ4v) is 4.23. The van der Waals surface area contributed by atoms with Crippen molar-refractivity contribution in [2.75, 3.05) is 0 Å². The van der Waals surface area contributed by atoms with Crippen LogP contribution in [0.2, 0.25) is 0 Å². The molecule has 3 rings (SSSR count). The van der Waals surface area contributed by atoms with Gasteiger partial charge in [0, 0.05) is 11.8 Å². The topological polar surface area (TPSA) is 79.3 Å². The first-order valence-corrected chi connectivity index (χ1v) is 9.86. The number of carboxylic acid groups (broad SMARTS) is 1. The minimum Gasteiger partial charge on any atom is -0.480 e. The van der Waals surface area contributed by atoms with Crippen LogP contribution in [-0.2, 0) is 22.4 Å². The number of thiazole rings is 1. The Morgan fingerprint density at radius 3 is 2.62 bits per heavy atom. The molecule has 1 aromatic heterocycles. The number of nitrogens with zero attached hydrogens (tertiary/aromatic N) is 1. The van der Waals surface area contributed by atoms with Gasteiger partial charge in [-0.15, -0.1) is 11.3 Å². The Labute approximate surface area is 157 Å². The summed E-state index contributed by atoms with van der Waals surface area (Å²) in [6.45, 7) is 2.12. The number of aromatic nitrogens is 1. The lowest BCUT2D eigenvalue weighted by atomic mass is 9.77. The molecule has 1 fully saturated rings. The summed E-state index contributed by atoms with van der Waals surface area (Å²) in [4.78, 5) is 28.7. The van der Waals surface area contributed by atoms with Crippen LogP contribution in [-0.4, -0.2) is 27.5 Å². The average Bonchev–Trinajstić information content (AvgIpc) is 3.04. The number of rotatable bonds is 6. The summed E-state index contributed by atoms with van der Waals surface area (Å²) in [7, 11) is 0. The quantitative estimate of drug-likeness (QED) is 0.814. The zero-order valence-corrected chi connectivity index (χ0v) is 15.7. The second-order valence-corrected chi connectivity index (χ2v) is 8.13. The maximum atomic E-state index is 12.4. The second kappa shape index (κ2) is 7.99. The number of carboxylic acids is 1. The van der Waals surface area contributed by atoms with Crippen LogP contribution in [0.4, 0.5) is 0 Å². The summed E-state index contributed by atoms with van der Waals surface area (Å²) >= 11 is 1.53. The van der Waals surface area contributed by atoms with Gasteiger partial charge < -0.3 is 10.4 Å². The minimum absolute atomic E-state index is 0.121. The monoisotopic (exact) mass is 372 g/mol. The summed E-state index contributed by atoms with van der Waals surface area (Å²) < 4.78 is 0. The molecule has 5 nitrogen and oxygen atoms in total. The molecule has 1 saturated carbocycles. The van der Waals surface area contributed by atoms with Gasteiger partial charge in [0.25, 0.3) is 0 Å². The van der Waals surface area contributed by atoms with E-state index in [9.17, 15) is 14.7 Å². The third-order valence-electron chi connectivity index (χ3n) is 5.06. The Morgan fingerprint density at radius 2 is 1.96 bits per heavy atom. The van der Waals surface area contributed by atoms with Crippen LogP contribution in [0.15, 0.2) is 35.7 Å². The van der Waals surface area contributed by atoms with Crippen LogP contribution in [0.1, 0.15) is 48.9 Å². The van der Waals surface area contributed by atoms with Gasteiger partial charge in [0.15, 0.2) is 0 Å². The largest absolute Gasteiger partial charge is 0.480 e. The van der Waals surface area contributed by atoms with Crippen molar-refractivity contribution in [3.05, 3.63) is 52.0 Å². The molecule has 2 aromatic rings. The van der Waals surface area contributed by atoms with Crippen molar-refractivity contribution in [1.82, 2.24) is 10.3 Å². The smallest absolute Gasteiger partial charge is 0.329 e. The highest BCUT2D eigenvalue weighted by molar-refractivity contribution is 7.09. The normalized spacial score (nSPS) is 22.7. The summed E-state index contributed by atoms with van der Waals surface area (Å²) in [5.74, 6) is -0.683. The van der Waals surface area contributed by atoms with Gasteiger partial charge in [-0.05, 0) is 37.2 Å². The number of amides is 1. The average molecular weight is 372 g/mol. The van der Waals surface area contributed by atoms with Crippen molar-refractivity contribution in [3.63, 3.8) is 0 Å². The fourth-order valence-electron chi connectivity index (χ4n) is 3.40. The third-order valence-corrected chi connectivity index (χ3v) is 5.95. The fraction of sp³-hybridized carbons (Fsp3) is 0.450. The van der Waals surface area contributed by atoms with Gasteiger partial charge in [0.1, 0.15) is 5.54 Å². The van der Waals surface area contributed by atoms with Crippen LogP contribution < -0.4 is 5.32 Å².